The van der Waals surface area contributed by atoms with Crippen molar-refractivity contribution in [3.63, 3.8) is 0 Å². The molecule has 1 fully saturated rings. The maximum absolute atomic E-state index is 12.5. The first-order valence-electron chi connectivity index (χ1n) is 7.86. The van der Waals surface area contributed by atoms with Crippen LogP contribution < -0.4 is 5.32 Å². The van der Waals surface area contributed by atoms with Gasteiger partial charge in [0.1, 0.15) is 4.21 Å². The molecular formula is C17H20N2O3S2. The lowest BCUT2D eigenvalue weighted by Gasteiger charge is -2.13. The molecule has 1 N–H and O–H groups in total. The number of anilines is 1. The van der Waals surface area contributed by atoms with Crippen molar-refractivity contribution in [1.82, 2.24) is 4.31 Å². The van der Waals surface area contributed by atoms with Gasteiger partial charge in [0.05, 0.1) is 4.88 Å². The van der Waals surface area contributed by atoms with Crippen LogP contribution in [-0.4, -0.2) is 31.7 Å². The van der Waals surface area contributed by atoms with Gasteiger partial charge in [0.25, 0.3) is 15.9 Å². The lowest BCUT2D eigenvalue weighted by molar-refractivity contribution is 0.103. The van der Waals surface area contributed by atoms with Crippen LogP contribution in [0.1, 0.15) is 33.6 Å². The van der Waals surface area contributed by atoms with Crippen molar-refractivity contribution in [3.05, 3.63) is 46.3 Å². The van der Waals surface area contributed by atoms with E-state index in [2.05, 4.69) is 5.32 Å². The molecule has 5 nitrogen and oxygen atoms in total. The summed E-state index contributed by atoms with van der Waals surface area (Å²) in [5.41, 5.74) is 2.84. The number of sulfonamides is 1. The zero-order valence-electron chi connectivity index (χ0n) is 13.7. The molecule has 1 saturated heterocycles. The SMILES string of the molecule is Cc1ccc(NC(=O)c2ccc(S(=O)(=O)N3CCCC3)s2)c(C)c1. The first kappa shape index (κ1) is 17.1. The van der Waals surface area contributed by atoms with Crippen molar-refractivity contribution in [2.24, 2.45) is 0 Å². The van der Waals surface area contributed by atoms with Crippen LogP contribution in [0.5, 0.6) is 0 Å². The van der Waals surface area contributed by atoms with Crippen molar-refractivity contribution >= 4 is 33.0 Å². The van der Waals surface area contributed by atoms with Crippen LogP contribution in [0, 0.1) is 13.8 Å². The summed E-state index contributed by atoms with van der Waals surface area (Å²) in [5.74, 6) is -0.283. The molecule has 1 aromatic heterocycles. The van der Waals surface area contributed by atoms with Gasteiger partial charge in [-0.3, -0.25) is 4.79 Å². The Balaban J connectivity index is 1.78. The Morgan fingerprint density at radius 1 is 1.12 bits per heavy atom. The Bertz CT molecular complexity index is 866. The average Bonchev–Trinajstić information content (AvgIpc) is 3.21. The minimum atomic E-state index is -3.47. The monoisotopic (exact) mass is 364 g/mol. The van der Waals surface area contributed by atoms with E-state index in [0.29, 0.717) is 18.0 Å². The van der Waals surface area contributed by atoms with Gasteiger partial charge in [0.2, 0.25) is 0 Å². The zero-order valence-corrected chi connectivity index (χ0v) is 15.3. The van der Waals surface area contributed by atoms with Gasteiger partial charge in [-0.05, 0) is 50.5 Å². The lowest BCUT2D eigenvalue weighted by Crippen LogP contribution is -2.27. The quantitative estimate of drug-likeness (QED) is 0.904. The van der Waals surface area contributed by atoms with Crippen LogP contribution in [0.3, 0.4) is 0 Å². The summed E-state index contributed by atoms with van der Waals surface area (Å²) in [5, 5.41) is 2.85. The van der Waals surface area contributed by atoms with Gasteiger partial charge in [-0.25, -0.2) is 8.42 Å². The van der Waals surface area contributed by atoms with Gasteiger partial charge in [-0.15, -0.1) is 11.3 Å². The standard InChI is InChI=1S/C17H20N2O3S2/c1-12-5-6-14(13(2)11-12)18-17(20)15-7-8-16(23-15)24(21,22)19-9-3-4-10-19/h5-8,11H,3-4,9-10H2,1-2H3,(H,18,20). The van der Waals surface area contributed by atoms with E-state index in [0.717, 1.165) is 41.0 Å². The number of benzene rings is 1. The highest BCUT2D eigenvalue weighted by molar-refractivity contribution is 7.91. The number of hydrogen-bond donors (Lipinski definition) is 1. The van der Waals surface area contributed by atoms with Crippen LogP contribution in [0.25, 0.3) is 0 Å². The van der Waals surface area contributed by atoms with Crippen molar-refractivity contribution in [2.45, 2.75) is 30.9 Å². The molecule has 0 aliphatic carbocycles. The predicted octanol–water partition coefficient (Wildman–Crippen LogP) is 3.40. The number of thiophene rings is 1. The highest BCUT2D eigenvalue weighted by Crippen LogP contribution is 2.28. The summed E-state index contributed by atoms with van der Waals surface area (Å²) in [6, 6.07) is 8.88. The van der Waals surface area contributed by atoms with Gasteiger partial charge >= 0.3 is 0 Å². The summed E-state index contributed by atoms with van der Waals surface area (Å²) in [7, 11) is -3.47. The molecule has 3 rings (SSSR count). The Morgan fingerprint density at radius 3 is 2.50 bits per heavy atom. The second kappa shape index (κ2) is 6.66. The lowest BCUT2D eigenvalue weighted by atomic mass is 10.1. The number of carbonyl (C=O) groups excluding carboxylic acids is 1. The van der Waals surface area contributed by atoms with E-state index in [1.807, 2.05) is 32.0 Å². The van der Waals surface area contributed by atoms with E-state index in [4.69, 9.17) is 0 Å². The predicted molar refractivity (Wildman–Crippen MR) is 96.2 cm³/mol. The molecule has 0 atom stereocenters. The third-order valence-electron chi connectivity index (χ3n) is 4.09. The molecule has 2 aromatic rings. The summed E-state index contributed by atoms with van der Waals surface area (Å²) in [4.78, 5) is 12.8. The van der Waals surface area contributed by atoms with Crippen LogP contribution in [0.4, 0.5) is 5.69 Å². The molecule has 1 aromatic carbocycles. The number of rotatable bonds is 4. The van der Waals surface area contributed by atoms with Crippen molar-refractivity contribution in [1.29, 1.82) is 0 Å². The van der Waals surface area contributed by atoms with Crippen molar-refractivity contribution in [3.8, 4) is 0 Å². The highest BCUT2D eigenvalue weighted by Gasteiger charge is 2.29. The number of nitrogens with one attached hydrogen (secondary N) is 1. The second-order valence-corrected chi connectivity index (χ2v) is 9.25. The number of carbonyl (C=O) groups is 1. The summed E-state index contributed by atoms with van der Waals surface area (Å²) >= 11 is 1.02. The van der Waals surface area contributed by atoms with Crippen molar-refractivity contribution < 1.29 is 13.2 Å². The molecular weight excluding hydrogens is 344 g/mol. The molecule has 0 bridgehead atoms. The highest BCUT2D eigenvalue weighted by atomic mass is 32.2. The third-order valence-corrected chi connectivity index (χ3v) is 7.54. The Morgan fingerprint density at radius 2 is 1.83 bits per heavy atom. The van der Waals surface area contributed by atoms with E-state index in [1.165, 1.54) is 10.4 Å². The van der Waals surface area contributed by atoms with Gasteiger partial charge in [-0.1, -0.05) is 17.7 Å². The number of amides is 1. The molecule has 0 unspecified atom stereocenters. The van der Waals surface area contributed by atoms with Crippen LogP contribution >= 0.6 is 11.3 Å². The first-order chi connectivity index (χ1) is 11.4. The van der Waals surface area contributed by atoms with Gasteiger partial charge < -0.3 is 5.32 Å². The maximum atomic E-state index is 12.5. The number of hydrogen-bond acceptors (Lipinski definition) is 4. The van der Waals surface area contributed by atoms with Crippen LogP contribution in [0.2, 0.25) is 0 Å². The van der Waals surface area contributed by atoms with Gasteiger partial charge in [0.15, 0.2) is 0 Å². The van der Waals surface area contributed by atoms with E-state index in [9.17, 15) is 13.2 Å². The Hall–Kier alpha value is -1.70. The Labute approximate surface area is 146 Å². The molecule has 7 heteroatoms. The fraction of sp³-hybridized carbons (Fsp3) is 0.353. The smallest absolute Gasteiger partial charge is 0.265 e. The molecule has 0 spiro atoms. The molecule has 0 radical (unpaired) electrons. The second-order valence-electron chi connectivity index (χ2n) is 6.00. The van der Waals surface area contributed by atoms with E-state index < -0.39 is 10.0 Å². The summed E-state index contributed by atoms with van der Waals surface area (Å²) < 4.78 is 26.8. The van der Waals surface area contributed by atoms with Gasteiger partial charge in [0, 0.05) is 18.8 Å². The van der Waals surface area contributed by atoms with Crippen molar-refractivity contribution in [2.75, 3.05) is 18.4 Å². The Kier molecular flexibility index (Phi) is 4.76. The molecule has 128 valence electrons. The van der Waals surface area contributed by atoms with E-state index >= 15 is 0 Å². The largest absolute Gasteiger partial charge is 0.321 e. The number of aryl methyl sites for hydroxylation is 2. The normalized spacial score (nSPS) is 15.6. The molecule has 1 aliphatic heterocycles. The summed E-state index contributed by atoms with van der Waals surface area (Å²) in [6.45, 7) is 5.04. The van der Waals surface area contributed by atoms with Crippen LogP contribution in [-0.2, 0) is 10.0 Å². The minimum absolute atomic E-state index is 0.232. The fourth-order valence-electron chi connectivity index (χ4n) is 2.77. The molecule has 1 amide bonds. The first-order valence-corrected chi connectivity index (χ1v) is 10.1. The fourth-order valence-corrected chi connectivity index (χ4v) is 5.65. The molecule has 24 heavy (non-hydrogen) atoms. The van der Waals surface area contributed by atoms with E-state index in [-0.39, 0.29) is 10.1 Å². The molecule has 1 aliphatic rings. The summed E-state index contributed by atoms with van der Waals surface area (Å²) in [6.07, 6.45) is 1.79. The zero-order chi connectivity index (χ0) is 17.3. The topological polar surface area (TPSA) is 66.5 Å². The number of nitrogens with zero attached hydrogens (tertiary/aromatic N) is 1. The van der Waals surface area contributed by atoms with E-state index in [1.54, 1.807) is 6.07 Å². The minimum Gasteiger partial charge on any atom is -0.321 e. The third kappa shape index (κ3) is 3.38. The van der Waals surface area contributed by atoms with Crippen LogP contribution in [0.15, 0.2) is 34.5 Å². The molecule has 0 saturated carbocycles. The maximum Gasteiger partial charge on any atom is 0.265 e. The molecule has 2 heterocycles. The van der Waals surface area contributed by atoms with Gasteiger partial charge in [-0.2, -0.15) is 4.31 Å². The average molecular weight is 364 g/mol.